The summed E-state index contributed by atoms with van der Waals surface area (Å²) in [4.78, 5) is 23.8. The van der Waals surface area contributed by atoms with Gasteiger partial charge in [-0.3, -0.25) is 10.4 Å². The summed E-state index contributed by atoms with van der Waals surface area (Å²) in [7, 11) is 1.59. The second-order valence-electron chi connectivity index (χ2n) is 7.65. The van der Waals surface area contributed by atoms with Crippen molar-refractivity contribution in [1.29, 1.82) is 5.41 Å². The largest absolute Gasteiger partial charge is 0.493 e. The Kier molecular flexibility index (Phi) is 5.42. The molecule has 0 amide bonds. The summed E-state index contributed by atoms with van der Waals surface area (Å²) in [6, 6.07) is 12.1. The lowest BCUT2D eigenvalue weighted by molar-refractivity contribution is 0.326. The predicted octanol–water partition coefficient (Wildman–Crippen LogP) is 1.78. The number of amidine groups is 1. The lowest BCUT2D eigenvalue weighted by Gasteiger charge is -2.20. The molecule has 1 atom stereocenters. The molecule has 11 nitrogen and oxygen atoms in total. The maximum atomic E-state index is 12.7. The van der Waals surface area contributed by atoms with E-state index in [1.54, 1.807) is 37.7 Å². The minimum absolute atomic E-state index is 0.0163. The van der Waals surface area contributed by atoms with Crippen LogP contribution in [0.3, 0.4) is 0 Å². The van der Waals surface area contributed by atoms with Gasteiger partial charge in [0.25, 0.3) is 5.95 Å². The molecule has 0 fully saturated rings. The van der Waals surface area contributed by atoms with Crippen molar-refractivity contribution in [2.75, 3.05) is 19.0 Å². The van der Waals surface area contributed by atoms with Gasteiger partial charge < -0.3 is 20.5 Å². The van der Waals surface area contributed by atoms with Crippen molar-refractivity contribution in [3.8, 4) is 17.4 Å². The average molecular weight is 458 g/mol. The first kappa shape index (κ1) is 21.2. The molecule has 0 saturated carbocycles. The van der Waals surface area contributed by atoms with Crippen LogP contribution in [0.15, 0.2) is 59.7 Å². The van der Waals surface area contributed by atoms with Crippen molar-refractivity contribution >= 4 is 11.5 Å². The molecule has 4 aromatic rings. The number of nitrogens with two attached hydrogens (primary N) is 1. The molecule has 5 rings (SSSR count). The van der Waals surface area contributed by atoms with E-state index in [1.807, 2.05) is 24.3 Å². The molecular formula is C23H22N8O3. The topological polar surface area (TPSA) is 157 Å². The smallest absolute Gasteiger partial charge is 0.350 e. The minimum atomic E-state index is -0.541. The third kappa shape index (κ3) is 3.94. The van der Waals surface area contributed by atoms with Gasteiger partial charge in [-0.15, -0.1) is 9.78 Å². The number of nitrogens with zero attached hydrogens (tertiary/aromatic N) is 4. The van der Waals surface area contributed by atoms with E-state index in [4.69, 9.17) is 20.6 Å². The maximum absolute atomic E-state index is 12.7. The summed E-state index contributed by atoms with van der Waals surface area (Å²) in [6.07, 6.45) is 3.84. The zero-order valence-corrected chi connectivity index (χ0v) is 18.3. The Morgan fingerprint density at radius 1 is 1.26 bits per heavy atom. The summed E-state index contributed by atoms with van der Waals surface area (Å²) in [6.45, 7) is 0.580. The Hall–Kier alpha value is -4.67. The summed E-state index contributed by atoms with van der Waals surface area (Å²) in [5.41, 5.74) is 8.31. The van der Waals surface area contributed by atoms with E-state index in [1.165, 1.54) is 0 Å². The standard InChI is InChI=1S/C23H22N8O3/c1-33-17-12-15(11-14-7-10-34-19(14)17)18(28-16-5-3-13(4-6-16)20(24)25)21-29-23(32)31(30-21)22-26-8-2-9-27-22/h2-6,8-9,11-12,18,28H,7,10H2,1H3,(H3,24,25)(H,29,30,32). The first-order chi connectivity index (χ1) is 16.5. The first-order valence-corrected chi connectivity index (χ1v) is 10.5. The van der Waals surface area contributed by atoms with Crippen LogP contribution in [-0.4, -0.2) is 44.3 Å². The van der Waals surface area contributed by atoms with Crippen LogP contribution in [0.2, 0.25) is 0 Å². The third-order valence-electron chi connectivity index (χ3n) is 5.48. The number of anilines is 1. The molecule has 2 aromatic carbocycles. The molecular weight excluding hydrogens is 436 g/mol. The molecule has 3 heterocycles. The fraction of sp³-hybridized carbons (Fsp3) is 0.174. The lowest BCUT2D eigenvalue weighted by Crippen LogP contribution is -2.18. The molecule has 172 valence electrons. The Balaban J connectivity index is 1.60. The number of nitrogen functional groups attached to an aromatic ring is 1. The van der Waals surface area contributed by atoms with Gasteiger partial charge in [0.05, 0.1) is 13.7 Å². The van der Waals surface area contributed by atoms with E-state index >= 15 is 0 Å². The van der Waals surface area contributed by atoms with Gasteiger partial charge in [0.2, 0.25) is 0 Å². The van der Waals surface area contributed by atoms with Crippen LogP contribution < -0.4 is 26.2 Å². The first-order valence-electron chi connectivity index (χ1n) is 10.5. The van der Waals surface area contributed by atoms with Gasteiger partial charge in [-0.1, -0.05) is 0 Å². The Morgan fingerprint density at radius 2 is 2.03 bits per heavy atom. The van der Waals surface area contributed by atoms with E-state index in [9.17, 15) is 4.79 Å². The fourth-order valence-corrected chi connectivity index (χ4v) is 3.84. The van der Waals surface area contributed by atoms with Crippen molar-refractivity contribution in [1.82, 2.24) is 24.7 Å². The van der Waals surface area contributed by atoms with Crippen LogP contribution in [-0.2, 0) is 6.42 Å². The van der Waals surface area contributed by atoms with E-state index in [-0.39, 0.29) is 11.8 Å². The highest BCUT2D eigenvalue weighted by Crippen LogP contribution is 2.39. The maximum Gasteiger partial charge on any atom is 0.350 e. The summed E-state index contributed by atoms with van der Waals surface area (Å²) < 4.78 is 12.4. The molecule has 1 aliphatic heterocycles. The van der Waals surface area contributed by atoms with Crippen molar-refractivity contribution in [3.05, 3.63) is 87.9 Å². The van der Waals surface area contributed by atoms with Crippen LogP contribution in [0.1, 0.15) is 28.6 Å². The van der Waals surface area contributed by atoms with Crippen molar-refractivity contribution in [2.24, 2.45) is 5.73 Å². The number of hydrogen-bond acceptors (Lipinski definition) is 8. The van der Waals surface area contributed by atoms with E-state index < -0.39 is 11.7 Å². The second kappa shape index (κ2) is 8.70. The van der Waals surface area contributed by atoms with Crippen molar-refractivity contribution < 1.29 is 9.47 Å². The monoisotopic (exact) mass is 458 g/mol. The highest BCUT2D eigenvalue weighted by atomic mass is 16.5. The number of hydrogen-bond donors (Lipinski definition) is 4. The molecule has 0 aliphatic carbocycles. The van der Waals surface area contributed by atoms with Gasteiger partial charge in [0, 0.05) is 35.6 Å². The SMILES string of the molecule is COc1cc(C(Nc2ccc(C(=N)N)cc2)c2nn(-c3ncccn3)c(=O)[nH]2)cc2c1OCC2. The van der Waals surface area contributed by atoms with Gasteiger partial charge in [-0.25, -0.2) is 14.8 Å². The average Bonchev–Trinajstić information content (AvgIpc) is 3.49. The number of benzene rings is 2. The van der Waals surface area contributed by atoms with Gasteiger partial charge >= 0.3 is 5.69 Å². The number of H-pyrrole nitrogens is 1. The van der Waals surface area contributed by atoms with Crippen LogP contribution in [0.4, 0.5) is 5.69 Å². The third-order valence-corrected chi connectivity index (χ3v) is 5.48. The molecule has 0 spiro atoms. The zero-order chi connectivity index (χ0) is 23.7. The molecule has 1 unspecified atom stereocenters. The van der Waals surface area contributed by atoms with Crippen molar-refractivity contribution in [3.63, 3.8) is 0 Å². The Morgan fingerprint density at radius 3 is 2.74 bits per heavy atom. The quantitative estimate of drug-likeness (QED) is 0.241. The zero-order valence-electron chi connectivity index (χ0n) is 18.3. The highest BCUT2D eigenvalue weighted by Gasteiger charge is 2.26. The van der Waals surface area contributed by atoms with Crippen LogP contribution in [0.5, 0.6) is 11.5 Å². The molecule has 1 aliphatic rings. The number of rotatable bonds is 7. The molecule has 34 heavy (non-hydrogen) atoms. The number of fused-ring (bicyclic) bond motifs is 1. The Labute approximate surface area is 194 Å². The van der Waals surface area contributed by atoms with Gasteiger partial charge in [-0.05, 0) is 48.0 Å². The molecule has 0 saturated heterocycles. The number of nitrogens with one attached hydrogen (secondary N) is 3. The van der Waals surface area contributed by atoms with E-state index in [2.05, 4.69) is 25.4 Å². The number of aromatic amines is 1. The van der Waals surface area contributed by atoms with E-state index in [0.29, 0.717) is 23.7 Å². The van der Waals surface area contributed by atoms with Gasteiger partial charge in [-0.2, -0.15) is 0 Å². The van der Waals surface area contributed by atoms with Gasteiger partial charge in [0.15, 0.2) is 17.3 Å². The minimum Gasteiger partial charge on any atom is -0.493 e. The normalized spacial score (nSPS) is 13.1. The van der Waals surface area contributed by atoms with Crippen molar-refractivity contribution in [2.45, 2.75) is 12.5 Å². The predicted molar refractivity (Wildman–Crippen MR) is 125 cm³/mol. The lowest BCUT2D eigenvalue weighted by atomic mass is 10.0. The van der Waals surface area contributed by atoms with Gasteiger partial charge in [0.1, 0.15) is 11.9 Å². The number of methoxy groups -OCH3 is 1. The highest BCUT2D eigenvalue weighted by molar-refractivity contribution is 5.95. The molecule has 5 N–H and O–H groups in total. The molecule has 11 heteroatoms. The number of ether oxygens (including phenoxy) is 2. The summed E-state index contributed by atoms with van der Waals surface area (Å²) >= 11 is 0. The summed E-state index contributed by atoms with van der Waals surface area (Å²) in [5.74, 6) is 1.86. The van der Waals surface area contributed by atoms with Crippen LogP contribution in [0.25, 0.3) is 5.95 Å². The van der Waals surface area contributed by atoms with E-state index in [0.717, 1.165) is 33.7 Å². The molecule has 0 radical (unpaired) electrons. The second-order valence-corrected chi connectivity index (χ2v) is 7.65. The molecule has 2 aromatic heterocycles. The van der Waals surface area contributed by atoms with Crippen LogP contribution >= 0.6 is 0 Å². The fourth-order valence-electron chi connectivity index (χ4n) is 3.84. The number of aromatic nitrogens is 5. The Bertz CT molecular complexity index is 1400. The van der Waals surface area contributed by atoms with Crippen LogP contribution in [0, 0.1) is 5.41 Å². The summed E-state index contributed by atoms with van der Waals surface area (Å²) in [5, 5.41) is 15.5. The molecule has 0 bridgehead atoms.